The molecule has 1 aromatic rings. The van der Waals surface area contributed by atoms with E-state index in [1.807, 2.05) is 32.5 Å². The monoisotopic (exact) mass is 287 g/mol. The minimum absolute atomic E-state index is 0.146. The molecule has 1 heterocycles. The quantitative estimate of drug-likeness (QED) is 0.558. The second-order valence-electron chi connectivity index (χ2n) is 4.73. The third-order valence-corrected chi connectivity index (χ3v) is 4.55. The number of aryl methyl sites for hydroxylation is 2. The highest BCUT2D eigenvalue weighted by Crippen LogP contribution is 2.29. The minimum atomic E-state index is -0.338. The van der Waals surface area contributed by atoms with E-state index < -0.39 is 0 Å². The fourth-order valence-electron chi connectivity index (χ4n) is 1.69. The number of aromatic nitrogens is 2. The lowest BCUT2D eigenvalue weighted by Crippen LogP contribution is -2.20. The summed E-state index contributed by atoms with van der Waals surface area (Å²) < 4.78 is 6.91. The smallest absolute Gasteiger partial charge is 0.0987 e. The van der Waals surface area contributed by atoms with Crippen molar-refractivity contribution >= 4 is 11.8 Å². The zero-order valence-electron chi connectivity index (χ0n) is 12.4. The minimum Gasteiger partial charge on any atom is -0.392 e. The predicted octanol–water partition coefficient (Wildman–Crippen LogP) is 1.33. The Hall–Kier alpha value is -0.560. The van der Waals surface area contributed by atoms with Gasteiger partial charge in [0.25, 0.3) is 0 Å². The summed E-state index contributed by atoms with van der Waals surface area (Å²) in [6, 6.07) is 0. The van der Waals surface area contributed by atoms with Crippen LogP contribution >= 0.6 is 11.8 Å². The highest BCUT2D eigenvalue weighted by Gasteiger charge is 2.18. The zero-order valence-corrected chi connectivity index (χ0v) is 13.3. The second-order valence-corrected chi connectivity index (χ2v) is 6.09. The van der Waals surface area contributed by atoms with Gasteiger partial charge >= 0.3 is 0 Å². The summed E-state index contributed by atoms with van der Waals surface area (Å²) in [4.78, 5) is 0. The van der Waals surface area contributed by atoms with Gasteiger partial charge in [0.05, 0.1) is 23.4 Å². The molecule has 2 atom stereocenters. The van der Waals surface area contributed by atoms with Crippen molar-refractivity contribution in [3.8, 4) is 0 Å². The molecule has 0 saturated carbocycles. The molecule has 1 aromatic heterocycles. The molecule has 0 saturated heterocycles. The molecule has 0 spiro atoms. The van der Waals surface area contributed by atoms with Gasteiger partial charge in [-0.05, 0) is 13.8 Å². The number of nitrogens with one attached hydrogen (secondary N) is 1. The van der Waals surface area contributed by atoms with Crippen molar-refractivity contribution in [1.82, 2.24) is 15.1 Å². The van der Waals surface area contributed by atoms with Crippen molar-refractivity contribution in [2.75, 3.05) is 20.3 Å². The first-order valence-corrected chi connectivity index (χ1v) is 7.42. The fourth-order valence-corrected chi connectivity index (χ4v) is 2.80. The number of aliphatic hydroxyl groups is 1. The van der Waals surface area contributed by atoms with E-state index in [0.29, 0.717) is 6.61 Å². The van der Waals surface area contributed by atoms with Crippen LogP contribution in [0, 0.1) is 6.92 Å². The molecule has 0 fully saturated rings. The summed E-state index contributed by atoms with van der Waals surface area (Å²) >= 11 is 1.67. The van der Waals surface area contributed by atoms with Gasteiger partial charge < -0.3 is 15.2 Å². The Bertz CT molecular complexity index is 393. The first-order chi connectivity index (χ1) is 8.97. The van der Waals surface area contributed by atoms with Crippen LogP contribution in [0.15, 0.2) is 5.03 Å². The van der Waals surface area contributed by atoms with Crippen LogP contribution in [-0.4, -0.2) is 46.5 Å². The standard InChI is InChI=1S/C13H25N3O2S/c1-9-12(8-14-6-7-18-5)13(16(4)15-9)19-11(3)10(2)17/h10-11,14,17H,6-8H2,1-5H3. The van der Waals surface area contributed by atoms with Crippen LogP contribution in [0.5, 0.6) is 0 Å². The number of hydrogen-bond donors (Lipinski definition) is 2. The van der Waals surface area contributed by atoms with Gasteiger partial charge in [-0.2, -0.15) is 5.10 Å². The molecule has 19 heavy (non-hydrogen) atoms. The Morgan fingerprint density at radius 2 is 2.16 bits per heavy atom. The van der Waals surface area contributed by atoms with Crippen LogP contribution in [0.25, 0.3) is 0 Å². The Morgan fingerprint density at radius 1 is 1.47 bits per heavy atom. The van der Waals surface area contributed by atoms with Crippen molar-refractivity contribution in [3.63, 3.8) is 0 Å². The molecule has 0 radical (unpaired) electrons. The number of thioether (sulfide) groups is 1. The molecule has 0 amide bonds. The Kier molecular flexibility index (Phi) is 6.85. The number of hydrogen-bond acceptors (Lipinski definition) is 5. The van der Waals surface area contributed by atoms with E-state index >= 15 is 0 Å². The maximum absolute atomic E-state index is 9.63. The zero-order chi connectivity index (χ0) is 14.4. The topological polar surface area (TPSA) is 59.3 Å². The summed E-state index contributed by atoms with van der Waals surface area (Å²) in [5.41, 5.74) is 2.24. The van der Waals surface area contributed by atoms with Crippen molar-refractivity contribution < 1.29 is 9.84 Å². The van der Waals surface area contributed by atoms with Gasteiger partial charge in [-0.25, -0.2) is 0 Å². The lowest BCUT2D eigenvalue weighted by atomic mass is 10.2. The van der Waals surface area contributed by atoms with Gasteiger partial charge in [-0.3, -0.25) is 4.68 Å². The second kappa shape index (κ2) is 7.89. The number of rotatable bonds is 8. The van der Waals surface area contributed by atoms with Crippen molar-refractivity contribution in [2.24, 2.45) is 7.05 Å². The van der Waals surface area contributed by atoms with Gasteiger partial charge in [-0.15, -0.1) is 11.8 Å². The van der Waals surface area contributed by atoms with E-state index in [-0.39, 0.29) is 11.4 Å². The number of ether oxygens (including phenoxy) is 1. The largest absolute Gasteiger partial charge is 0.392 e. The van der Waals surface area contributed by atoms with Crippen LogP contribution in [0.3, 0.4) is 0 Å². The summed E-state index contributed by atoms with van der Waals surface area (Å²) in [6.07, 6.45) is -0.338. The Labute approximate surface area is 119 Å². The molecule has 5 nitrogen and oxygen atoms in total. The summed E-state index contributed by atoms with van der Waals surface area (Å²) in [5, 5.41) is 18.7. The lowest BCUT2D eigenvalue weighted by molar-refractivity contribution is 0.196. The molecule has 0 aromatic carbocycles. The highest BCUT2D eigenvalue weighted by atomic mass is 32.2. The summed E-state index contributed by atoms with van der Waals surface area (Å²) in [5.74, 6) is 0. The molecule has 2 N–H and O–H groups in total. The maximum Gasteiger partial charge on any atom is 0.0987 e. The molecule has 0 aliphatic heterocycles. The van der Waals surface area contributed by atoms with Crippen LogP contribution in [0.4, 0.5) is 0 Å². The fraction of sp³-hybridized carbons (Fsp3) is 0.769. The number of methoxy groups -OCH3 is 1. The Morgan fingerprint density at radius 3 is 2.74 bits per heavy atom. The van der Waals surface area contributed by atoms with E-state index in [1.165, 1.54) is 5.56 Å². The average molecular weight is 287 g/mol. The van der Waals surface area contributed by atoms with E-state index in [4.69, 9.17) is 4.74 Å². The van der Waals surface area contributed by atoms with E-state index in [9.17, 15) is 5.11 Å². The highest BCUT2D eigenvalue weighted by molar-refractivity contribution is 8.00. The third kappa shape index (κ3) is 4.80. The summed E-state index contributed by atoms with van der Waals surface area (Å²) in [6.45, 7) is 8.16. The van der Waals surface area contributed by atoms with E-state index in [0.717, 1.165) is 23.8 Å². The molecule has 0 aliphatic rings. The SMILES string of the molecule is COCCNCc1c(C)nn(C)c1SC(C)C(C)O. The van der Waals surface area contributed by atoms with Crippen molar-refractivity contribution in [2.45, 2.75) is 43.7 Å². The Balaban J connectivity index is 2.73. The first kappa shape index (κ1) is 16.5. The average Bonchev–Trinajstić information content (AvgIpc) is 2.60. The van der Waals surface area contributed by atoms with Crippen LogP contribution in [-0.2, 0) is 18.3 Å². The molecule has 6 heteroatoms. The van der Waals surface area contributed by atoms with Crippen molar-refractivity contribution in [3.05, 3.63) is 11.3 Å². The molecule has 110 valence electrons. The normalized spacial score (nSPS) is 14.6. The predicted molar refractivity (Wildman–Crippen MR) is 78.5 cm³/mol. The lowest BCUT2D eigenvalue weighted by Gasteiger charge is -2.15. The number of aliphatic hydroxyl groups excluding tert-OH is 1. The molecule has 0 aliphatic carbocycles. The van der Waals surface area contributed by atoms with Gasteiger partial charge in [0.2, 0.25) is 0 Å². The van der Waals surface area contributed by atoms with Crippen LogP contribution < -0.4 is 5.32 Å². The van der Waals surface area contributed by atoms with Crippen molar-refractivity contribution in [1.29, 1.82) is 0 Å². The van der Waals surface area contributed by atoms with Crippen LogP contribution in [0.2, 0.25) is 0 Å². The molecule has 1 rings (SSSR count). The van der Waals surface area contributed by atoms with E-state index in [1.54, 1.807) is 18.9 Å². The van der Waals surface area contributed by atoms with Gasteiger partial charge in [0.1, 0.15) is 0 Å². The summed E-state index contributed by atoms with van der Waals surface area (Å²) in [7, 11) is 3.64. The first-order valence-electron chi connectivity index (χ1n) is 6.54. The van der Waals surface area contributed by atoms with Crippen LogP contribution in [0.1, 0.15) is 25.1 Å². The number of nitrogens with zero attached hydrogens (tertiary/aromatic N) is 2. The van der Waals surface area contributed by atoms with E-state index in [2.05, 4.69) is 10.4 Å². The molecular weight excluding hydrogens is 262 g/mol. The van der Waals surface area contributed by atoms with Gasteiger partial charge in [-0.1, -0.05) is 6.92 Å². The van der Waals surface area contributed by atoms with Gasteiger partial charge in [0.15, 0.2) is 0 Å². The maximum atomic E-state index is 9.63. The molecular formula is C13H25N3O2S. The third-order valence-electron chi connectivity index (χ3n) is 3.05. The molecule has 0 bridgehead atoms. The molecule has 2 unspecified atom stereocenters. The van der Waals surface area contributed by atoms with Gasteiger partial charge in [0, 0.05) is 38.1 Å².